The van der Waals surface area contributed by atoms with Crippen LogP contribution in [-0.2, 0) is 0 Å². The molecule has 0 radical (unpaired) electrons. The second kappa shape index (κ2) is 7.95. The fourth-order valence-electron chi connectivity index (χ4n) is 3.64. The Balaban J connectivity index is 1.41. The first kappa shape index (κ1) is 19.0. The second-order valence-electron chi connectivity index (χ2n) is 7.52. The van der Waals surface area contributed by atoms with Crippen LogP contribution in [0.15, 0.2) is 42.7 Å². The Bertz CT molecular complexity index is 1060. The Hall–Kier alpha value is -3.35. The van der Waals surface area contributed by atoms with Crippen molar-refractivity contribution in [2.75, 3.05) is 31.5 Å². The highest BCUT2D eigenvalue weighted by Gasteiger charge is 2.23. The Morgan fingerprint density at radius 3 is 2.66 bits per heavy atom. The maximum absolute atomic E-state index is 12.9. The third kappa shape index (κ3) is 4.08. The largest absolute Gasteiger partial charge is 0.345 e. The van der Waals surface area contributed by atoms with E-state index in [0.29, 0.717) is 31.7 Å². The van der Waals surface area contributed by atoms with E-state index in [2.05, 4.69) is 15.3 Å². The summed E-state index contributed by atoms with van der Waals surface area (Å²) in [5, 5.41) is 3.01. The van der Waals surface area contributed by atoms with Crippen LogP contribution in [-0.4, -0.2) is 57.9 Å². The predicted molar refractivity (Wildman–Crippen MR) is 113 cm³/mol. The minimum Gasteiger partial charge on any atom is -0.345 e. The highest BCUT2D eigenvalue weighted by atomic mass is 16.2. The average molecular weight is 391 g/mol. The molecular weight excluding hydrogens is 366 g/mol. The molecule has 150 valence electrons. The molecule has 1 aliphatic heterocycles. The molecule has 0 bridgehead atoms. The number of aromatic amines is 1. The maximum Gasteiger partial charge on any atom is 0.321 e. The minimum absolute atomic E-state index is 0.0155. The Morgan fingerprint density at radius 1 is 1.00 bits per heavy atom. The molecule has 4 rings (SSSR count). The normalized spacial score (nSPS) is 14.7. The monoisotopic (exact) mass is 391 g/mol. The van der Waals surface area contributed by atoms with Crippen molar-refractivity contribution in [3.05, 3.63) is 59.4 Å². The van der Waals surface area contributed by atoms with Gasteiger partial charge in [-0.25, -0.2) is 9.78 Å². The van der Waals surface area contributed by atoms with Gasteiger partial charge in [-0.2, -0.15) is 0 Å². The number of carbonyl (C=O) groups is 2. The van der Waals surface area contributed by atoms with Crippen LogP contribution in [0.2, 0.25) is 0 Å². The number of hydrogen-bond acceptors (Lipinski definition) is 3. The van der Waals surface area contributed by atoms with Crippen molar-refractivity contribution in [1.29, 1.82) is 0 Å². The average Bonchev–Trinajstić information content (AvgIpc) is 3.04. The summed E-state index contributed by atoms with van der Waals surface area (Å²) in [7, 11) is 0. The molecule has 7 heteroatoms. The van der Waals surface area contributed by atoms with Gasteiger partial charge in [-0.1, -0.05) is 12.1 Å². The van der Waals surface area contributed by atoms with Crippen LogP contribution in [0.1, 0.15) is 27.9 Å². The van der Waals surface area contributed by atoms with Gasteiger partial charge in [-0.15, -0.1) is 0 Å². The van der Waals surface area contributed by atoms with Crippen LogP contribution >= 0.6 is 0 Å². The van der Waals surface area contributed by atoms with Crippen LogP contribution in [0.4, 0.5) is 10.5 Å². The van der Waals surface area contributed by atoms with Gasteiger partial charge in [0, 0.05) is 37.4 Å². The topological polar surface area (TPSA) is 81.3 Å². The molecule has 29 heavy (non-hydrogen) atoms. The van der Waals surface area contributed by atoms with E-state index >= 15 is 0 Å². The zero-order chi connectivity index (χ0) is 20.4. The lowest BCUT2D eigenvalue weighted by atomic mass is 10.1. The van der Waals surface area contributed by atoms with Crippen molar-refractivity contribution < 1.29 is 9.59 Å². The van der Waals surface area contributed by atoms with E-state index in [1.54, 1.807) is 17.3 Å². The molecular formula is C22H25N5O2. The van der Waals surface area contributed by atoms with Gasteiger partial charge >= 0.3 is 6.03 Å². The first-order chi connectivity index (χ1) is 14.0. The lowest BCUT2D eigenvalue weighted by Gasteiger charge is -2.23. The number of hydrogen-bond donors (Lipinski definition) is 2. The van der Waals surface area contributed by atoms with E-state index in [1.807, 2.05) is 49.1 Å². The Morgan fingerprint density at radius 2 is 1.79 bits per heavy atom. The summed E-state index contributed by atoms with van der Waals surface area (Å²) >= 11 is 0. The quantitative estimate of drug-likeness (QED) is 0.701. The van der Waals surface area contributed by atoms with Crippen molar-refractivity contribution in [2.24, 2.45) is 0 Å². The van der Waals surface area contributed by atoms with E-state index in [9.17, 15) is 9.59 Å². The number of H-pyrrole nitrogens is 1. The summed E-state index contributed by atoms with van der Waals surface area (Å²) in [6.07, 6.45) is 2.37. The lowest BCUT2D eigenvalue weighted by molar-refractivity contribution is 0.0763. The number of nitrogens with one attached hydrogen (secondary N) is 2. The first-order valence-corrected chi connectivity index (χ1v) is 9.87. The molecule has 0 unspecified atom stereocenters. The zero-order valence-electron chi connectivity index (χ0n) is 16.7. The number of nitrogens with zero attached hydrogens (tertiary/aromatic N) is 3. The van der Waals surface area contributed by atoms with E-state index in [-0.39, 0.29) is 11.9 Å². The molecule has 1 aliphatic rings. The number of amides is 3. The third-order valence-corrected chi connectivity index (χ3v) is 5.37. The first-order valence-electron chi connectivity index (χ1n) is 9.87. The van der Waals surface area contributed by atoms with Gasteiger partial charge in [0.05, 0.1) is 17.4 Å². The number of urea groups is 1. The molecule has 3 amide bonds. The molecule has 1 fully saturated rings. The molecule has 1 aromatic heterocycles. The summed E-state index contributed by atoms with van der Waals surface area (Å²) in [6.45, 7) is 6.27. The minimum atomic E-state index is -0.119. The van der Waals surface area contributed by atoms with Crippen molar-refractivity contribution >= 4 is 28.7 Å². The number of aromatic nitrogens is 2. The lowest BCUT2D eigenvalue weighted by Crippen LogP contribution is -2.39. The highest BCUT2D eigenvalue weighted by Crippen LogP contribution is 2.18. The van der Waals surface area contributed by atoms with Crippen molar-refractivity contribution in [1.82, 2.24) is 19.8 Å². The molecule has 0 saturated carbocycles. The number of imidazole rings is 1. The number of rotatable bonds is 2. The van der Waals surface area contributed by atoms with Crippen LogP contribution in [0, 0.1) is 13.8 Å². The van der Waals surface area contributed by atoms with Crippen LogP contribution in [0.5, 0.6) is 0 Å². The molecule has 7 nitrogen and oxygen atoms in total. The van der Waals surface area contributed by atoms with E-state index in [4.69, 9.17) is 0 Å². The fourth-order valence-corrected chi connectivity index (χ4v) is 3.64. The van der Waals surface area contributed by atoms with E-state index < -0.39 is 0 Å². The van der Waals surface area contributed by atoms with Crippen molar-refractivity contribution in [3.63, 3.8) is 0 Å². The van der Waals surface area contributed by atoms with E-state index in [0.717, 1.165) is 34.3 Å². The van der Waals surface area contributed by atoms with Gasteiger partial charge in [0.1, 0.15) is 0 Å². The summed E-state index contributed by atoms with van der Waals surface area (Å²) in [4.78, 5) is 36.5. The predicted octanol–water partition coefficient (Wildman–Crippen LogP) is 3.56. The van der Waals surface area contributed by atoms with Crippen LogP contribution < -0.4 is 5.32 Å². The van der Waals surface area contributed by atoms with Gasteiger partial charge in [-0.05, 0) is 55.7 Å². The van der Waals surface area contributed by atoms with Crippen LogP contribution in [0.3, 0.4) is 0 Å². The van der Waals surface area contributed by atoms with Gasteiger partial charge in [-0.3, -0.25) is 4.79 Å². The molecule has 0 spiro atoms. The molecule has 1 saturated heterocycles. The standard InChI is InChI=1S/C22H25N5O2/c1-15-4-5-16(2)19(12-15)25-22(29)27-9-3-8-26(10-11-27)21(28)17-6-7-18-20(13-17)24-14-23-18/h4-7,12-14H,3,8-11H2,1-2H3,(H,23,24)(H,25,29). The summed E-state index contributed by atoms with van der Waals surface area (Å²) in [5.74, 6) is -0.0155. The summed E-state index contributed by atoms with van der Waals surface area (Å²) in [5.41, 5.74) is 5.29. The van der Waals surface area contributed by atoms with Crippen molar-refractivity contribution in [3.8, 4) is 0 Å². The molecule has 0 aliphatic carbocycles. The highest BCUT2D eigenvalue weighted by molar-refractivity contribution is 5.97. The summed E-state index contributed by atoms with van der Waals surface area (Å²) < 4.78 is 0. The number of benzene rings is 2. The summed E-state index contributed by atoms with van der Waals surface area (Å²) in [6, 6.07) is 11.4. The fraction of sp³-hybridized carbons (Fsp3) is 0.318. The molecule has 2 N–H and O–H groups in total. The number of fused-ring (bicyclic) bond motifs is 1. The maximum atomic E-state index is 12.9. The van der Waals surface area contributed by atoms with Crippen molar-refractivity contribution in [2.45, 2.75) is 20.3 Å². The van der Waals surface area contributed by atoms with Gasteiger partial charge in [0.2, 0.25) is 0 Å². The van der Waals surface area contributed by atoms with Gasteiger partial charge in [0.25, 0.3) is 5.91 Å². The number of aryl methyl sites for hydroxylation is 2. The molecule has 0 atom stereocenters. The Kier molecular flexibility index (Phi) is 5.20. The Labute approximate surface area is 169 Å². The molecule has 2 heterocycles. The second-order valence-corrected chi connectivity index (χ2v) is 7.52. The van der Waals surface area contributed by atoms with Crippen LogP contribution in [0.25, 0.3) is 11.0 Å². The number of carbonyl (C=O) groups excluding carboxylic acids is 2. The number of anilines is 1. The molecule has 2 aromatic carbocycles. The van der Waals surface area contributed by atoms with Gasteiger partial charge < -0.3 is 20.1 Å². The van der Waals surface area contributed by atoms with Gasteiger partial charge in [0.15, 0.2) is 0 Å². The molecule has 3 aromatic rings. The smallest absolute Gasteiger partial charge is 0.321 e. The SMILES string of the molecule is Cc1ccc(C)c(NC(=O)N2CCCN(C(=O)c3ccc4nc[nH]c4c3)CC2)c1. The zero-order valence-corrected chi connectivity index (χ0v) is 16.7. The van der Waals surface area contributed by atoms with E-state index in [1.165, 1.54) is 0 Å². The third-order valence-electron chi connectivity index (χ3n) is 5.37.